The van der Waals surface area contributed by atoms with Gasteiger partial charge >= 0.3 is 0 Å². The van der Waals surface area contributed by atoms with Gasteiger partial charge in [-0.3, -0.25) is 4.79 Å². The summed E-state index contributed by atoms with van der Waals surface area (Å²) >= 11 is 0. The van der Waals surface area contributed by atoms with Gasteiger partial charge in [0.15, 0.2) is 0 Å². The third-order valence-corrected chi connectivity index (χ3v) is 4.97. The molecule has 1 aromatic rings. The summed E-state index contributed by atoms with van der Waals surface area (Å²) in [6, 6.07) is 9.97. The molecule has 2 aliphatic carbocycles. The van der Waals surface area contributed by atoms with Crippen LogP contribution in [0.1, 0.15) is 61.7 Å². The molecule has 1 atom stereocenters. The van der Waals surface area contributed by atoms with Gasteiger partial charge in [0.05, 0.1) is 0 Å². The summed E-state index contributed by atoms with van der Waals surface area (Å²) in [6.45, 7) is 0. The number of carbonyl (C=O) groups is 1. The smallest absolute Gasteiger partial charge is 0.251 e. The number of hydrogen-bond donors (Lipinski definition) is 1. The zero-order chi connectivity index (χ0) is 13.1. The Balaban J connectivity index is 1.62. The van der Waals surface area contributed by atoms with Gasteiger partial charge in [0.25, 0.3) is 5.91 Å². The lowest BCUT2D eigenvalue weighted by atomic mass is 9.71. The van der Waals surface area contributed by atoms with E-state index >= 15 is 0 Å². The lowest BCUT2D eigenvalue weighted by Crippen LogP contribution is -2.41. The summed E-state index contributed by atoms with van der Waals surface area (Å²) in [6.07, 6.45) is 10.5. The molecule has 0 aliphatic heterocycles. The molecular formula is C17H23NO. The van der Waals surface area contributed by atoms with Crippen LogP contribution < -0.4 is 5.32 Å². The van der Waals surface area contributed by atoms with E-state index in [1.54, 1.807) is 0 Å². The SMILES string of the molecule is O=C(NC1CCCC2(CCCC2)C1)c1ccccc1. The van der Waals surface area contributed by atoms with Crippen LogP contribution in [0.5, 0.6) is 0 Å². The van der Waals surface area contributed by atoms with Crippen molar-refractivity contribution in [1.29, 1.82) is 0 Å². The minimum absolute atomic E-state index is 0.0978. The maximum absolute atomic E-state index is 12.2. The molecule has 2 nitrogen and oxygen atoms in total. The Morgan fingerprint density at radius 2 is 1.74 bits per heavy atom. The predicted molar refractivity (Wildman–Crippen MR) is 77.1 cm³/mol. The Hall–Kier alpha value is -1.31. The normalized spacial score (nSPS) is 25.4. The summed E-state index contributed by atoms with van der Waals surface area (Å²) in [5, 5.41) is 3.25. The summed E-state index contributed by atoms with van der Waals surface area (Å²) in [5.41, 5.74) is 1.35. The van der Waals surface area contributed by atoms with Crippen LogP contribution in [0.15, 0.2) is 30.3 Å². The minimum atomic E-state index is 0.0978. The molecule has 1 N–H and O–H groups in total. The molecule has 102 valence electrons. The highest BCUT2D eigenvalue weighted by molar-refractivity contribution is 5.94. The third-order valence-electron chi connectivity index (χ3n) is 4.97. The molecule has 2 heteroatoms. The third kappa shape index (κ3) is 2.83. The Morgan fingerprint density at radius 1 is 1.05 bits per heavy atom. The lowest BCUT2D eigenvalue weighted by Gasteiger charge is -2.38. The second-order valence-electron chi connectivity index (χ2n) is 6.34. The topological polar surface area (TPSA) is 29.1 Å². The molecular weight excluding hydrogens is 234 g/mol. The molecule has 3 rings (SSSR count). The van der Waals surface area contributed by atoms with E-state index in [9.17, 15) is 4.79 Å². The van der Waals surface area contributed by atoms with Crippen molar-refractivity contribution in [2.24, 2.45) is 5.41 Å². The Morgan fingerprint density at radius 3 is 2.47 bits per heavy atom. The summed E-state index contributed by atoms with van der Waals surface area (Å²) in [4.78, 5) is 12.2. The van der Waals surface area contributed by atoms with E-state index in [0.29, 0.717) is 11.5 Å². The molecule has 0 saturated heterocycles. The van der Waals surface area contributed by atoms with Gasteiger partial charge in [-0.15, -0.1) is 0 Å². The monoisotopic (exact) mass is 257 g/mol. The van der Waals surface area contributed by atoms with E-state index in [1.807, 2.05) is 30.3 Å². The highest BCUT2D eigenvalue weighted by Crippen LogP contribution is 2.48. The lowest BCUT2D eigenvalue weighted by molar-refractivity contribution is 0.0886. The van der Waals surface area contributed by atoms with Gasteiger partial charge in [-0.05, 0) is 49.7 Å². The number of amides is 1. The van der Waals surface area contributed by atoms with Gasteiger partial charge in [0, 0.05) is 11.6 Å². The summed E-state index contributed by atoms with van der Waals surface area (Å²) in [7, 11) is 0. The Bertz CT molecular complexity index is 434. The molecule has 0 bridgehead atoms. The first-order valence-electron chi connectivity index (χ1n) is 7.63. The van der Waals surface area contributed by atoms with Crippen molar-refractivity contribution in [3.05, 3.63) is 35.9 Å². The average molecular weight is 257 g/mol. The van der Waals surface area contributed by atoms with Crippen molar-refractivity contribution in [3.8, 4) is 0 Å². The molecule has 1 spiro atoms. The second-order valence-corrected chi connectivity index (χ2v) is 6.34. The first-order valence-corrected chi connectivity index (χ1v) is 7.63. The molecule has 0 radical (unpaired) electrons. The molecule has 2 aliphatic rings. The van der Waals surface area contributed by atoms with Crippen molar-refractivity contribution in [3.63, 3.8) is 0 Å². The fraction of sp³-hybridized carbons (Fsp3) is 0.588. The van der Waals surface area contributed by atoms with Crippen molar-refractivity contribution in [1.82, 2.24) is 5.32 Å². The second kappa shape index (κ2) is 5.36. The quantitative estimate of drug-likeness (QED) is 0.855. The summed E-state index contributed by atoms with van der Waals surface area (Å²) in [5.74, 6) is 0.0978. The minimum Gasteiger partial charge on any atom is -0.349 e. The number of carbonyl (C=O) groups excluding carboxylic acids is 1. The first-order chi connectivity index (χ1) is 9.27. The molecule has 2 saturated carbocycles. The molecule has 1 aromatic carbocycles. The van der Waals surface area contributed by atoms with Crippen LogP contribution >= 0.6 is 0 Å². The van der Waals surface area contributed by atoms with Crippen molar-refractivity contribution in [2.75, 3.05) is 0 Å². The van der Waals surface area contributed by atoms with Crippen LogP contribution in [-0.2, 0) is 0 Å². The van der Waals surface area contributed by atoms with Gasteiger partial charge in [-0.2, -0.15) is 0 Å². The van der Waals surface area contributed by atoms with Crippen LogP contribution in [0.25, 0.3) is 0 Å². The van der Waals surface area contributed by atoms with Gasteiger partial charge in [0.2, 0.25) is 0 Å². The van der Waals surface area contributed by atoms with Gasteiger partial charge < -0.3 is 5.32 Å². The molecule has 0 aromatic heterocycles. The van der Waals surface area contributed by atoms with E-state index in [0.717, 1.165) is 12.0 Å². The standard InChI is InChI=1S/C17H23NO/c19-16(14-7-2-1-3-8-14)18-15-9-6-12-17(13-15)10-4-5-11-17/h1-3,7-8,15H,4-6,9-13H2,(H,18,19). The molecule has 1 amide bonds. The molecule has 19 heavy (non-hydrogen) atoms. The van der Waals surface area contributed by atoms with E-state index < -0.39 is 0 Å². The average Bonchev–Trinajstić information content (AvgIpc) is 2.88. The number of nitrogens with one attached hydrogen (secondary N) is 1. The van der Waals surface area contributed by atoms with Gasteiger partial charge in [-0.1, -0.05) is 37.5 Å². The Labute approximate surface area is 115 Å². The zero-order valence-corrected chi connectivity index (χ0v) is 11.5. The van der Waals surface area contributed by atoms with Crippen LogP contribution in [0.4, 0.5) is 0 Å². The Kier molecular flexibility index (Phi) is 3.58. The molecule has 1 unspecified atom stereocenters. The van der Waals surface area contributed by atoms with Gasteiger partial charge in [0.1, 0.15) is 0 Å². The number of rotatable bonds is 2. The van der Waals surface area contributed by atoms with Crippen LogP contribution in [0, 0.1) is 5.41 Å². The molecule has 0 heterocycles. The fourth-order valence-corrected chi connectivity index (χ4v) is 4.01. The van der Waals surface area contributed by atoms with E-state index in [2.05, 4.69) is 5.32 Å². The van der Waals surface area contributed by atoms with Crippen molar-refractivity contribution >= 4 is 5.91 Å². The van der Waals surface area contributed by atoms with Crippen molar-refractivity contribution in [2.45, 2.75) is 57.4 Å². The van der Waals surface area contributed by atoms with Crippen LogP contribution in [0.3, 0.4) is 0 Å². The molecule has 2 fully saturated rings. The van der Waals surface area contributed by atoms with Gasteiger partial charge in [-0.25, -0.2) is 0 Å². The zero-order valence-electron chi connectivity index (χ0n) is 11.5. The predicted octanol–water partition coefficient (Wildman–Crippen LogP) is 3.92. The van der Waals surface area contributed by atoms with E-state index in [-0.39, 0.29) is 5.91 Å². The fourth-order valence-electron chi connectivity index (χ4n) is 4.01. The number of benzene rings is 1. The first kappa shape index (κ1) is 12.7. The van der Waals surface area contributed by atoms with Crippen LogP contribution in [0.2, 0.25) is 0 Å². The van der Waals surface area contributed by atoms with Crippen molar-refractivity contribution < 1.29 is 4.79 Å². The number of hydrogen-bond acceptors (Lipinski definition) is 1. The largest absolute Gasteiger partial charge is 0.349 e. The highest BCUT2D eigenvalue weighted by Gasteiger charge is 2.38. The van der Waals surface area contributed by atoms with Crippen LogP contribution in [-0.4, -0.2) is 11.9 Å². The summed E-state index contributed by atoms with van der Waals surface area (Å²) < 4.78 is 0. The van der Waals surface area contributed by atoms with E-state index in [1.165, 1.54) is 44.9 Å². The maximum atomic E-state index is 12.2. The van der Waals surface area contributed by atoms with E-state index in [4.69, 9.17) is 0 Å². The maximum Gasteiger partial charge on any atom is 0.251 e. The highest BCUT2D eigenvalue weighted by atomic mass is 16.1.